The summed E-state index contributed by atoms with van der Waals surface area (Å²) in [5, 5.41) is 16.5. The molecule has 0 spiro atoms. The van der Waals surface area contributed by atoms with Gasteiger partial charge in [0.25, 0.3) is 0 Å². The van der Waals surface area contributed by atoms with Gasteiger partial charge in [0.05, 0.1) is 33.7 Å². The van der Waals surface area contributed by atoms with Crippen molar-refractivity contribution in [3.63, 3.8) is 0 Å². The second-order valence-electron chi connectivity index (χ2n) is 17.9. The predicted molar refractivity (Wildman–Crippen MR) is 296 cm³/mol. The van der Waals surface area contributed by atoms with Crippen molar-refractivity contribution in [2.45, 2.75) is 27.7 Å². The zero-order valence-electron chi connectivity index (χ0n) is 40.4. The normalized spacial score (nSPS) is 11.1. The number of hydrogen-bond acceptors (Lipinski definition) is 5. The van der Waals surface area contributed by atoms with Gasteiger partial charge < -0.3 is 5.11 Å². The van der Waals surface area contributed by atoms with Crippen LogP contribution >= 0.6 is 0 Å². The summed E-state index contributed by atoms with van der Waals surface area (Å²) >= 11 is 0. The van der Waals surface area contributed by atoms with Crippen LogP contribution in [0.2, 0.25) is 0 Å². The van der Waals surface area contributed by atoms with Crippen LogP contribution in [0.15, 0.2) is 230 Å². The van der Waals surface area contributed by atoms with E-state index in [9.17, 15) is 4.79 Å². The van der Waals surface area contributed by atoms with Crippen molar-refractivity contribution in [3.05, 3.63) is 247 Å². The average Bonchev–Trinajstić information content (AvgIpc) is 3.40. The van der Waals surface area contributed by atoms with Gasteiger partial charge in [-0.05, 0) is 99.1 Å². The second kappa shape index (κ2) is 21.7. The number of nitrogens with zero attached hydrogens (tertiary/aromatic N) is 3. The third-order valence-electron chi connectivity index (χ3n) is 12.5. The SMILES string of the molecule is CC(=O)C=C(C)O.Cc1[c-]c(-c2ccc3ccccc3n2)cc(C)c1.[Ir].c1ccc(-c2cc(-c3ccc4ccccc4c3)nc3c2ccc2c(-c4ccccc4)cc(-c4ccc5ccccc5c4)nc23)cc1. The van der Waals surface area contributed by atoms with Gasteiger partial charge in [0.2, 0.25) is 0 Å². The number of fused-ring (bicyclic) bond motifs is 6. The molecule has 0 saturated heterocycles. The molecule has 12 aromatic rings. The minimum absolute atomic E-state index is 0. The van der Waals surface area contributed by atoms with Crippen LogP contribution < -0.4 is 0 Å². The molecule has 3 aromatic heterocycles. The van der Waals surface area contributed by atoms with E-state index >= 15 is 0 Å². The van der Waals surface area contributed by atoms with Crippen LogP contribution in [0.25, 0.3) is 110 Å². The minimum Gasteiger partial charge on any atom is -0.512 e. The molecule has 0 aliphatic rings. The van der Waals surface area contributed by atoms with Crippen molar-refractivity contribution in [2.75, 3.05) is 0 Å². The van der Waals surface area contributed by atoms with Crippen molar-refractivity contribution < 1.29 is 30.0 Å². The van der Waals surface area contributed by atoms with Crippen LogP contribution in [-0.4, -0.2) is 25.8 Å². The summed E-state index contributed by atoms with van der Waals surface area (Å²) in [7, 11) is 0. The Hall–Kier alpha value is -8.41. The van der Waals surface area contributed by atoms with Crippen molar-refractivity contribution in [2.24, 2.45) is 0 Å². The number of rotatable bonds is 6. The molecule has 0 saturated carbocycles. The van der Waals surface area contributed by atoms with E-state index in [2.05, 4.69) is 220 Å². The van der Waals surface area contributed by atoms with Crippen LogP contribution in [-0.2, 0) is 24.9 Å². The second-order valence-corrected chi connectivity index (χ2v) is 17.9. The monoisotopic (exact) mass is 1110 g/mol. The Labute approximate surface area is 433 Å². The Morgan fingerprint density at radius 3 is 1.38 bits per heavy atom. The van der Waals surface area contributed by atoms with Gasteiger partial charge >= 0.3 is 0 Å². The standard InChI is InChI=1S/C44H28N2.C17H14N.C5H8O2.Ir/c1-3-13-31(14-4-1)39-27-41(35-21-19-29-11-7-9-17-33(29)25-35)45-43-37(39)23-24-38-40(32-15-5-2-6-16-32)28-42(46-44(38)43)36-22-20-30-12-8-10-18-34(30)26-36;1-12-9-13(2)11-15(10-12)17-8-7-14-5-3-4-6-16(14)18-17;1-4(6)3-5(2)7;/h1-28H;3-10H,1-2H3;3,6H,1-2H3;/q;-1;;. The van der Waals surface area contributed by atoms with E-state index in [1.165, 1.54) is 52.4 Å². The summed E-state index contributed by atoms with van der Waals surface area (Å²) in [6.07, 6.45) is 1.17. The molecule has 0 aliphatic carbocycles. The van der Waals surface area contributed by atoms with Gasteiger partial charge in [-0.25, -0.2) is 9.97 Å². The maximum atomic E-state index is 10.0. The molecular weight excluding hydrogens is 1060 g/mol. The number of carbonyl (C=O) groups excluding carboxylic acids is 1. The molecule has 72 heavy (non-hydrogen) atoms. The molecule has 0 amide bonds. The predicted octanol–water partition coefficient (Wildman–Crippen LogP) is 17.1. The minimum atomic E-state index is -0.125. The molecule has 12 rings (SSSR count). The van der Waals surface area contributed by atoms with Crippen LogP contribution in [0, 0.1) is 19.9 Å². The fourth-order valence-corrected chi connectivity index (χ4v) is 9.22. The fourth-order valence-electron chi connectivity index (χ4n) is 9.22. The van der Waals surface area contributed by atoms with Gasteiger partial charge in [0.1, 0.15) is 0 Å². The Balaban J connectivity index is 0.000000203. The van der Waals surface area contributed by atoms with Gasteiger partial charge in [0.15, 0.2) is 5.78 Å². The molecule has 0 bridgehead atoms. The molecular formula is C66H50IrN3O2-. The maximum absolute atomic E-state index is 10.0. The molecule has 0 aliphatic heterocycles. The molecule has 0 fully saturated rings. The van der Waals surface area contributed by atoms with Gasteiger partial charge in [-0.2, -0.15) is 0 Å². The number of aliphatic hydroxyl groups excluding tert-OH is 1. The number of para-hydroxylation sites is 1. The van der Waals surface area contributed by atoms with E-state index in [0.29, 0.717) is 0 Å². The summed E-state index contributed by atoms with van der Waals surface area (Å²) in [5.74, 6) is -0.0625. The van der Waals surface area contributed by atoms with E-state index in [1.807, 2.05) is 18.2 Å². The molecule has 0 unspecified atom stereocenters. The van der Waals surface area contributed by atoms with Crippen LogP contribution in [0.1, 0.15) is 25.0 Å². The number of pyridine rings is 3. The summed E-state index contributed by atoms with van der Waals surface area (Å²) in [4.78, 5) is 25.6. The largest absolute Gasteiger partial charge is 0.512 e. The number of hydrogen-bond donors (Lipinski definition) is 1. The van der Waals surface area contributed by atoms with E-state index in [4.69, 9.17) is 20.1 Å². The quantitative estimate of drug-likeness (QED) is 0.0777. The van der Waals surface area contributed by atoms with Gasteiger partial charge in [-0.3, -0.25) is 9.78 Å². The molecule has 1 N–H and O–H groups in total. The number of aliphatic hydroxyl groups is 1. The third-order valence-corrected chi connectivity index (χ3v) is 12.5. The van der Waals surface area contributed by atoms with Crippen molar-refractivity contribution >= 4 is 60.0 Å². The number of aromatic nitrogens is 3. The molecule has 0 atom stereocenters. The first-order valence-electron chi connectivity index (χ1n) is 23.8. The summed E-state index contributed by atoms with van der Waals surface area (Å²) in [6.45, 7) is 7.02. The molecule has 6 heteroatoms. The van der Waals surface area contributed by atoms with Gasteiger partial charge in [-0.15, -0.1) is 34.9 Å². The number of allylic oxidation sites excluding steroid dienone is 2. The zero-order valence-corrected chi connectivity index (χ0v) is 42.8. The smallest absolute Gasteiger partial charge is 0.155 e. The fraction of sp³-hybridized carbons (Fsp3) is 0.0606. The van der Waals surface area contributed by atoms with E-state index in [-0.39, 0.29) is 31.6 Å². The van der Waals surface area contributed by atoms with E-state index < -0.39 is 0 Å². The average molecular weight is 1110 g/mol. The maximum Gasteiger partial charge on any atom is 0.155 e. The first-order chi connectivity index (χ1) is 34.6. The van der Waals surface area contributed by atoms with Crippen molar-refractivity contribution in [3.8, 4) is 56.0 Å². The van der Waals surface area contributed by atoms with Gasteiger partial charge in [-0.1, -0.05) is 190 Å². The van der Waals surface area contributed by atoms with Crippen molar-refractivity contribution in [1.29, 1.82) is 0 Å². The Morgan fingerprint density at radius 1 is 0.444 bits per heavy atom. The first kappa shape index (κ1) is 48.6. The Kier molecular flexibility index (Phi) is 14.7. The molecule has 351 valence electrons. The van der Waals surface area contributed by atoms with Crippen LogP contribution in [0.5, 0.6) is 0 Å². The van der Waals surface area contributed by atoms with Crippen LogP contribution in [0.4, 0.5) is 0 Å². The topological polar surface area (TPSA) is 76.0 Å². The summed E-state index contributed by atoms with van der Waals surface area (Å²) in [6, 6.07) is 80.3. The van der Waals surface area contributed by atoms with Crippen LogP contribution in [0.3, 0.4) is 0 Å². The summed E-state index contributed by atoms with van der Waals surface area (Å²) in [5.41, 5.74) is 15.9. The number of ketones is 1. The van der Waals surface area contributed by atoms with E-state index in [1.54, 1.807) is 0 Å². The Morgan fingerprint density at radius 2 is 0.903 bits per heavy atom. The molecule has 5 nitrogen and oxygen atoms in total. The molecule has 1 radical (unpaired) electrons. The number of benzene rings is 9. The van der Waals surface area contributed by atoms with Gasteiger partial charge in [0, 0.05) is 48.1 Å². The molecule has 9 aromatic carbocycles. The zero-order chi connectivity index (χ0) is 48.8. The number of carbonyl (C=O) groups is 1. The van der Waals surface area contributed by atoms with E-state index in [0.717, 1.165) is 88.9 Å². The molecule has 3 heterocycles. The summed E-state index contributed by atoms with van der Waals surface area (Å²) < 4.78 is 0. The van der Waals surface area contributed by atoms with Crippen molar-refractivity contribution in [1.82, 2.24) is 15.0 Å². The third kappa shape index (κ3) is 10.8. The number of aryl methyl sites for hydroxylation is 2. The Bertz CT molecular complexity index is 3760. The first-order valence-corrected chi connectivity index (χ1v) is 23.8.